The lowest BCUT2D eigenvalue weighted by Crippen LogP contribution is -2.14. The average molecular weight is 430 g/mol. The Morgan fingerprint density at radius 3 is 2.50 bits per heavy atom. The molecular weight excluding hydrogens is 414 g/mol. The number of benzene rings is 1. The SMILES string of the molecule is CC(F)(F)c1ccc(S(=O)(=O)Nc2cncc(-c3ccc4nc(N)nn4c3)c2)cc1. The lowest BCUT2D eigenvalue weighted by molar-refractivity contribution is 0.0174. The summed E-state index contributed by atoms with van der Waals surface area (Å²) in [6, 6.07) is 9.54. The molecule has 3 heterocycles. The Kier molecular flexibility index (Phi) is 4.61. The van der Waals surface area contributed by atoms with Crippen LogP contribution in [0.2, 0.25) is 0 Å². The molecule has 0 fully saturated rings. The zero-order valence-electron chi connectivity index (χ0n) is 15.6. The Labute approximate surface area is 170 Å². The molecule has 0 saturated carbocycles. The molecule has 3 aromatic heterocycles. The highest BCUT2D eigenvalue weighted by Gasteiger charge is 2.25. The predicted molar refractivity (Wildman–Crippen MR) is 107 cm³/mol. The Balaban J connectivity index is 1.61. The molecule has 4 rings (SSSR count). The van der Waals surface area contributed by atoms with Crippen molar-refractivity contribution in [3.05, 3.63) is 66.6 Å². The molecular formula is C19H16F2N6O2S. The van der Waals surface area contributed by atoms with E-state index in [4.69, 9.17) is 5.73 Å². The smallest absolute Gasteiger partial charge is 0.270 e. The molecule has 0 atom stereocenters. The predicted octanol–water partition coefficient (Wildman–Crippen LogP) is 3.29. The van der Waals surface area contributed by atoms with E-state index in [0.29, 0.717) is 11.2 Å². The van der Waals surface area contributed by atoms with Gasteiger partial charge in [-0.1, -0.05) is 12.1 Å². The summed E-state index contributed by atoms with van der Waals surface area (Å²) in [4.78, 5) is 7.98. The fourth-order valence-electron chi connectivity index (χ4n) is 2.87. The number of nitrogen functional groups attached to an aromatic ring is 1. The van der Waals surface area contributed by atoms with E-state index in [1.807, 2.05) is 0 Å². The normalized spacial score (nSPS) is 12.2. The van der Waals surface area contributed by atoms with Crippen molar-refractivity contribution in [2.45, 2.75) is 17.7 Å². The number of hydrogen-bond donors (Lipinski definition) is 2. The van der Waals surface area contributed by atoms with Gasteiger partial charge in [0.1, 0.15) is 0 Å². The maximum atomic E-state index is 13.3. The van der Waals surface area contributed by atoms with E-state index in [-0.39, 0.29) is 22.1 Å². The number of anilines is 2. The van der Waals surface area contributed by atoms with Crippen LogP contribution in [0.4, 0.5) is 20.4 Å². The minimum atomic E-state index is -3.98. The second-order valence-electron chi connectivity index (χ2n) is 6.67. The van der Waals surface area contributed by atoms with Crippen LogP contribution in [0.15, 0.2) is 66.0 Å². The highest BCUT2D eigenvalue weighted by Crippen LogP contribution is 2.28. The minimum absolute atomic E-state index is 0.138. The first kappa shape index (κ1) is 19.7. The topological polar surface area (TPSA) is 115 Å². The van der Waals surface area contributed by atoms with Crippen molar-refractivity contribution in [3.63, 3.8) is 0 Å². The molecule has 30 heavy (non-hydrogen) atoms. The lowest BCUT2D eigenvalue weighted by atomic mass is 10.1. The molecule has 1 aromatic carbocycles. The van der Waals surface area contributed by atoms with Gasteiger partial charge in [-0.3, -0.25) is 9.71 Å². The van der Waals surface area contributed by atoms with Crippen LogP contribution < -0.4 is 10.5 Å². The third-order valence-electron chi connectivity index (χ3n) is 4.34. The number of hydrogen-bond acceptors (Lipinski definition) is 6. The van der Waals surface area contributed by atoms with Crippen LogP contribution in [0, 0.1) is 0 Å². The summed E-state index contributed by atoms with van der Waals surface area (Å²) in [7, 11) is -3.98. The number of halogens is 2. The first-order valence-corrected chi connectivity index (χ1v) is 10.2. The third-order valence-corrected chi connectivity index (χ3v) is 5.74. The van der Waals surface area contributed by atoms with Crippen LogP contribution in [-0.2, 0) is 15.9 Å². The Morgan fingerprint density at radius 2 is 1.80 bits per heavy atom. The Bertz CT molecular complexity index is 1330. The van der Waals surface area contributed by atoms with Crippen LogP contribution in [0.1, 0.15) is 12.5 Å². The van der Waals surface area contributed by atoms with Crippen LogP contribution in [-0.4, -0.2) is 28.0 Å². The van der Waals surface area contributed by atoms with Gasteiger partial charge in [0.05, 0.1) is 16.8 Å². The molecule has 0 spiro atoms. The van der Waals surface area contributed by atoms with Crippen molar-refractivity contribution in [1.82, 2.24) is 19.6 Å². The fourth-order valence-corrected chi connectivity index (χ4v) is 3.90. The second-order valence-corrected chi connectivity index (χ2v) is 8.35. The van der Waals surface area contributed by atoms with Gasteiger partial charge in [-0.25, -0.2) is 21.7 Å². The van der Waals surface area contributed by atoms with E-state index >= 15 is 0 Å². The number of alkyl halides is 2. The maximum Gasteiger partial charge on any atom is 0.270 e. The van der Waals surface area contributed by atoms with Crippen molar-refractivity contribution in [2.24, 2.45) is 0 Å². The number of nitrogens with one attached hydrogen (secondary N) is 1. The van der Waals surface area contributed by atoms with Gasteiger partial charge in [0.2, 0.25) is 5.95 Å². The van der Waals surface area contributed by atoms with Gasteiger partial charge < -0.3 is 5.73 Å². The molecule has 0 radical (unpaired) electrons. The largest absolute Gasteiger partial charge is 0.366 e. The summed E-state index contributed by atoms with van der Waals surface area (Å²) in [5.74, 6) is -2.91. The monoisotopic (exact) mass is 430 g/mol. The van der Waals surface area contributed by atoms with Crippen LogP contribution >= 0.6 is 0 Å². The van der Waals surface area contributed by atoms with Crippen LogP contribution in [0.25, 0.3) is 16.8 Å². The van der Waals surface area contributed by atoms with Crippen molar-refractivity contribution < 1.29 is 17.2 Å². The summed E-state index contributed by atoms with van der Waals surface area (Å²) >= 11 is 0. The molecule has 0 amide bonds. The molecule has 4 aromatic rings. The first-order valence-electron chi connectivity index (χ1n) is 8.70. The summed E-state index contributed by atoms with van der Waals surface area (Å²) in [6.07, 6.45) is 4.61. The number of aromatic nitrogens is 4. The molecule has 11 heteroatoms. The zero-order chi connectivity index (χ0) is 21.5. The number of sulfonamides is 1. The standard InChI is InChI=1S/C19H16F2N6O2S/c1-19(20,21)14-3-5-16(6-4-14)30(28,29)26-15-8-13(9-23-10-15)12-2-7-17-24-18(22)25-27(17)11-12/h2-11,26H,1H3,(H2,22,25). The first-order chi connectivity index (χ1) is 14.1. The molecule has 154 valence electrons. The van der Waals surface area contributed by atoms with Crippen LogP contribution in [0.5, 0.6) is 0 Å². The molecule has 0 bridgehead atoms. The van der Waals surface area contributed by atoms with Crippen LogP contribution in [0.3, 0.4) is 0 Å². The number of rotatable bonds is 5. The molecule has 0 aliphatic rings. The quantitative estimate of drug-likeness (QED) is 0.502. The van der Waals surface area contributed by atoms with Gasteiger partial charge >= 0.3 is 0 Å². The Hall–Kier alpha value is -3.60. The highest BCUT2D eigenvalue weighted by atomic mass is 32.2. The summed E-state index contributed by atoms with van der Waals surface area (Å²) in [6.45, 7) is 0.747. The lowest BCUT2D eigenvalue weighted by Gasteiger charge is -2.12. The fraction of sp³-hybridized carbons (Fsp3) is 0.105. The zero-order valence-corrected chi connectivity index (χ0v) is 16.4. The van der Waals surface area contributed by atoms with Gasteiger partial charge in [-0.05, 0) is 30.3 Å². The molecule has 0 aliphatic heterocycles. The van der Waals surface area contributed by atoms with Gasteiger partial charge in [-0.2, -0.15) is 4.98 Å². The van der Waals surface area contributed by atoms with Crippen molar-refractivity contribution in [2.75, 3.05) is 10.5 Å². The van der Waals surface area contributed by atoms with E-state index < -0.39 is 15.9 Å². The molecule has 0 aliphatic carbocycles. The van der Waals surface area contributed by atoms with Gasteiger partial charge in [0.25, 0.3) is 15.9 Å². The molecule has 0 unspecified atom stereocenters. The second kappa shape index (κ2) is 7.02. The van der Waals surface area contributed by atoms with E-state index in [1.165, 1.54) is 10.7 Å². The van der Waals surface area contributed by atoms with Gasteiger partial charge in [0, 0.05) is 36.0 Å². The number of pyridine rings is 2. The maximum absolute atomic E-state index is 13.3. The minimum Gasteiger partial charge on any atom is -0.366 e. The van der Waals surface area contributed by atoms with Crippen molar-refractivity contribution in [1.29, 1.82) is 0 Å². The third kappa shape index (κ3) is 3.92. The van der Waals surface area contributed by atoms with Gasteiger partial charge in [-0.15, -0.1) is 5.10 Å². The molecule has 8 nitrogen and oxygen atoms in total. The summed E-state index contributed by atoms with van der Waals surface area (Å²) in [5, 5.41) is 4.04. The molecule has 0 saturated heterocycles. The van der Waals surface area contributed by atoms with E-state index in [9.17, 15) is 17.2 Å². The summed E-state index contributed by atoms with van der Waals surface area (Å²) in [5.41, 5.74) is 7.46. The van der Waals surface area contributed by atoms with Crippen molar-refractivity contribution in [3.8, 4) is 11.1 Å². The number of fused-ring (bicyclic) bond motifs is 1. The highest BCUT2D eigenvalue weighted by molar-refractivity contribution is 7.92. The summed E-state index contributed by atoms with van der Waals surface area (Å²) < 4.78 is 55.9. The van der Waals surface area contributed by atoms with E-state index in [2.05, 4.69) is 19.8 Å². The average Bonchev–Trinajstić information content (AvgIpc) is 3.06. The Morgan fingerprint density at radius 1 is 1.07 bits per heavy atom. The van der Waals surface area contributed by atoms with Gasteiger partial charge in [0.15, 0.2) is 5.65 Å². The molecule has 3 N–H and O–H groups in total. The van der Waals surface area contributed by atoms with E-state index in [0.717, 1.165) is 36.8 Å². The van der Waals surface area contributed by atoms with E-state index in [1.54, 1.807) is 30.6 Å². The number of nitrogens with two attached hydrogens (primary N) is 1. The number of nitrogens with zero attached hydrogens (tertiary/aromatic N) is 4. The van der Waals surface area contributed by atoms with Crippen molar-refractivity contribution >= 4 is 27.3 Å².